The Bertz CT molecular complexity index is 336. The van der Waals surface area contributed by atoms with Gasteiger partial charge < -0.3 is 10.6 Å². The van der Waals surface area contributed by atoms with E-state index in [4.69, 9.17) is 5.73 Å². The predicted molar refractivity (Wildman–Crippen MR) is 59.4 cm³/mol. The number of benzene rings is 1. The summed E-state index contributed by atoms with van der Waals surface area (Å²) in [5, 5.41) is 0. The molecule has 0 fully saturated rings. The molecular weight excluding hydrogens is 217 g/mol. The Morgan fingerprint density at radius 2 is 2.00 bits per heavy atom. The summed E-state index contributed by atoms with van der Waals surface area (Å²) in [7, 11) is 0. The lowest BCUT2D eigenvalue weighted by Gasteiger charge is -2.23. The molecule has 0 spiro atoms. The number of nitrogens with two attached hydrogens (primary N) is 1. The lowest BCUT2D eigenvalue weighted by molar-refractivity contribution is -0.132. The summed E-state index contributed by atoms with van der Waals surface area (Å²) in [4.78, 5) is 1.66. The third kappa shape index (κ3) is 4.00. The second kappa shape index (κ2) is 5.09. The van der Waals surface area contributed by atoms with Crippen molar-refractivity contribution in [2.45, 2.75) is 19.5 Å². The van der Waals surface area contributed by atoms with Gasteiger partial charge in [0.25, 0.3) is 0 Å². The van der Waals surface area contributed by atoms with Gasteiger partial charge in [0.1, 0.15) is 0 Å². The van der Waals surface area contributed by atoms with E-state index < -0.39 is 12.6 Å². The summed E-state index contributed by atoms with van der Waals surface area (Å²) in [6.07, 6.45) is -4.93. The summed E-state index contributed by atoms with van der Waals surface area (Å²) >= 11 is 0. The number of nitrogens with zero attached hydrogens (tertiary/aromatic N) is 1. The first-order valence-corrected chi connectivity index (χ1v) is 5.09. The normalized spacial score (nSPS) is 11.5. The lowest BCUT2D eigenvalue weighted by atomic mass is 10.2. The molecule has 2 nitrogen and oxygen atoms in total. The first-order valence-electron chi connectivity index (χ1n) is 5.09. The molecule has 0 saturated heterocycles. The Morgan fingerprint density at radius 1 is 1.31 bits per heavy atom. The van der Waals surface area contributed by atoms with Crippen molar-refractivity contribution in [1.82, 2.24) is 0 Å². The Hall–Kier alpha value is -1.39. The Morgan fingerprint density at radius 3 is 2.50 bits per heavy atom. The minimum absolute atomic E-state index is 0.0382. The van der Waals surface area contributed by atoms with Gasteiger partial charge in [-0.2, -0.15) is 13.2 Å². The molecule has 1 aromatic carbocycles. The third-order valence-electron chi connectivity index (χ3n) is 2.28. The molecule has 0 aliphatic carbocycles. The highest BCUT2D eigenvalue weighted by Crippen LogP contribution is 2.23. The molecule has 5 heteroatoms. The van der Waals surface area contributed by atoms with E-state index in [-0.39, 0.29) is 6.54 Å². The largest absolute Gasteiger partial charge is 0.399 e. The maximum Gasteiger partial charge on any atom is 0.390 e. The molecular formula is C11H15F3N2. The van der Waals surface area contributed by atoms with Crippen LogP contribution in [0.5, 0.6) is 0 Å². The van der Waals surface area contributed by atoms with Crippen LogP contribution < -0.4 is 10.6 Å². The van der Waals surface area contributed by atoms with Crippen molar-refractivity contribution in [3.8, 4) is 0 Å². The van der Waals surface area contributed by atoms with Gasteiger partial charge in [0.05, 0.1) is 6.42 Å². The summed E-state index contributed by atoms with van der Waals surface area (Å²) in [6, 6.07) is 6.89. The molecule has 0 unspecified atom stereocenters. The third-order valence-corrected chi connectivity index (χ3v) is 2.28. The second-order valence-electron chi connectivity index (χ2n) is 3.54. The van der Waals surface area contributed by atoms with Gasteiger partial charge >= 0.3 is 6.18 Å². The second-order valence-corrected chi connectivity index (χ2v) is 3.54. The predicted octanol–water partition coefficient (Wildman–Crippen LogP) is 3.05. The fourth-order valence-electron chi connectivity index (χ4n) is 1.45. The summed E-state index contributed by atoms with van der Waals surface area (Å²) < 4.78 is 36.3. The van der Waals surface area contributed by atoms with E-state index in [1.165, 1.54) is 0 Å². The molecule has 90 valence electrons. The molecule has 0 heterocycles. The highest BCUT2D eigenvalue weighted by Gasteiger charge is 2.27. The molecule has 1 aromatic rings. The van der Waals surface area contributed by atoms with Crippen molar-refractivity contribution in [3.05, 3.63) is 24.3 Å². The standard InChI is InChI=1S/C11H15F3N2/c1-2-16(7-6-11(12,13)14)10-5-3-4-9(15)8-10/h3-5,8H,2,6-7,15H2,1H3. The zero-order chi connectivity index (χ0) is 12.2. The minimum Gasteiger partial charge on any atom is -0.399 e. The molecule has 0 aliphatic rings. The van der Waals surface area contributed by atoms with Crippen molar-refractivity contribution in [2.75, 3.05) is 23.7 Å². The van der Waals surface area contributed by atoms with E-state index in [1.54, 1.807) is 29.2 Å². The molecule has 0 saturated carbocycles. The van der Waals surface area contributed by atoms with Crippen LogP contribution in [0, 0.1) is 0 Å². The molecule has 0 bridgehead atoms. The zero-order valence-electron chi connectivity index (χ0n) is 9.09. The highest BCUT2D eigenvalue weighted by atomic mass is 19.4. The number of nitrogen functional groups attached to an aromatic ring is 1. The Labute approximate surface area is 92.9 Å². The van der Waals surface area contributed by atoms with Gasteiger partial charge in [-0.3, -0.25) is 0 Å². The minimum atomic E-state index is -4.12. The van der Waals surface area contributed by atoms with Gasteiger partial charge in [-0.25, -0.2) is 0 Å². The molecule has 1 rings (SSSR count). The number of hydrogen-bond donors (Lipinski definition) is 1. The van der Waals surface area contributed by atoms with E-state index in [9.17, 15) is 13.2 Å². The van der Waals surface area contributed by atoms with Crippen LogP contribution in [-0.2, 0) is 0 Å². The van der Waals surface area contributed by atoms with Gasteiger partial charge in [-0.15, -0.1) is 0 Å². The summed E-state index contributed by atoms with van der Waals surface area (Å²) in [6.45, 7) is 2.31. The molecule has 0 amide bonds. The highest BCUT2D eigenvalue weighted by molar-refractivity contribution is 5.55. The van der Waals surface area contributed by atoms with Crippen LogP contribution in [0.15, 0.2) is 24.3 Å². The number of rotatable bonds is 4. The average Bonchev–Trinajstić information content (AvgIpc) is 2.17. The number of hydrogen-bond acceptors (Lipinski definition) is 2. The van der Waals surface area contributed by atoms with Crippen molar-refractivity contribution in [2.24, 2.45) is 0 Å². The summed E-state index contributed by atoms with van der Waals surface area (Å²) in [5.41, 5.74) is 6.87. The van der Waals surface area contributed by atoms with Crippen LogP contribution in [0.2, 0.25) is 0 Å². The lowest BCUT2D eigenvalue weighted by Crippen LogP contribution is -2.27. The van der Waals surface area contributed by atoms with Gasteiger partial charge in [0.2, 0.25) is 0 Å². The molecule has 0 radical (unpaired) electrons. The molecule has 0 aromatic heterocycles. The summed E-state index contributed by atoms with van der Waals surface area (Å²) in [5.74, 6) is 0. The smallest absolute Gasteiger partial charge is 0.390 e. The fraction of sp³-hybridized carbons (Fsp3) is 0.455. The molecule has 0 aliphatic heterocycles. The van der Waals surface area contributed by atoms with E-state index in [1.807, 2.05) is 6.92 Å². The Balaban J connectivity index is 2.68. The van der Waals surface area contributed by atoms with Gasteiger partial charge in [-0.1, -0.05) is 6.07 Å². The van der Waals surface area contributed by atoms with E-state index >= 15 is 0 Å². The zero-order valence-corrected chi connectivity index (χ0v) is 9.09. The maximum atomic E-state index is 12.1. The average molecular weight is 232 g/mol. The Kier molecular flexibility index (Phi) is 4.04. The fourth-order valence-corrected chi connectivity index (χ4v) is 1.45. The first kappa shape index (κ1) is 12.7. The van der Waals surface area contributed by atoms with E-state index in [2.05, 4.69) is 0 Å². The number of halogens is 3. The monoisotopic (exact) mass is 232 g/mol. The molecule has 0 atom stereocenters. The molecule has 16 heavy (non-hydrogen) atoms. The van der Waals surface area contributed by atoms with Crippen molar-refractivity contribution in [1.29, 1.82) is 0 Å². The quantitative estimate of drug-likeness (QED) is 0.808. The molecule has 2 N–H and O–H groups in total. The van der Waals surface area contributed by atoms with Crippen LogP contribution in [0.1, 0.15) is 13.3 Å². The van der Waals surface area contributed by atoms with Gasteiger partial charge in [-0.05, 0) is 25.1 Å². The van der Waals surface area contributed by atoms with Crippen molar-refractivity contribution >= 4 is 11.4 Å². The SMILES string of the molecule is CCN(CCC(F)(F)F)c1cccc(N)c1. The van der Waals surface area contributed by atoms with Crippen LogP contribution >= 0.6 is 0 Å². The van der Waals surface area contributed by atoms with Crippen LogP contribution in [0.25, 0.3) is 0 Å². The van der Waals surface area contributed by atoms with Crippen molar-refractivity contribution in [3.63, 3.8) is 0 Å². The maximum absolute atomic E-state index is 12.1. The van der Waals surface area contributed by atoms with Crippen LogP contribution in [0.3, 0.4) is 0 Å². The van der Waals surface area contributed by atoms with Crippen LogP contribution in [0.4, 0.5) is 24.5 Å². The first-order chi connectivity index (χ1) is 7.42. The number of anilines is 2. The van der Waals surface area contributed by atoms with Crippen molar-refractivity contribution < 1.29 is 13.2 Å². The number of alkyl halides is 3. The van der Waals surface area contributed by atoms with Gasteiger partial charge in [0.15, 0.2) is 0 Å². The van der Waals surface area contributed by atoms with E-state index in [0.717, 1.165) is 5.69 Å². The topological polar surface area (TPSA) is 29.3 Å². The van der Waals surface area contributed by atoms with E-state index in [0.29, 0.717) is 12.2 Å². The van der Waals surface area contributed by atoms with Crippen LogP contribution in [-0.4, -0.2) is 19.3 Å². The van der Waals surface area contributed by atoms with Gasteiger partial charge in [0, 0.05) is 24.5 Å².